The van der Waals surface area contributed by atoms with Crippen molar-refractivity contribution in [2.75, 3.05) is 11.9 Å². The maximum atomic E-state index is 11.9. The third kappa shape index (κ3) is 4.38. The summed E-state index contributed by atoms with van der Waals surface area (Å²) in [5.41, 5.74) is 0.440. The molecule has 112 valence electrons. The molecule has 0 aliphatic heterocycles. The zero-order valence-electron chi connectivity index (χ0n) is 11.2. The van der Waals surface area contributed by atoms with E-state index in [2.05, 4.69) is 5.32 Å². The van der Waals surface area contributed by atoms with Gasteiger partial charge in [0.15, 0.2) is 12.3 Å². The van der Waals surface area contributed by atoms with Gasteiger partial charge in [-0.15, -0.1) is 0 Å². The van der Waals surface area contributed by atoms with E-state index in [0.29, 0.717) is 20.8 Å². The molecular weight excluding hydrogens is 335 g/mol. The molecule has 0 saturated heterocycles. The van der Waals surface area contributed by atoms with Crippen LogP contribution in [0.15, 0.2) is 34.9 Å². The Morgan fingerprint density at radius 2 is 2.00 bits per heavy atom. The van der Waals surface area contributed by atoms with E-state index >= 15 is 0 Å². The molecule has 1 aromatic heterocycles. The third-order valence-corrected chi connectivity index (χ3v) is 3.97. The largest absolute Gasteiger partial charge is 0.463 e. The molecule has 0 fully saturated rings. The zero-order valence-corrected chi connectivity index (χ0v) is 13.5. The average Bonchev–Trinajstić information content (AvgIpc) is 2.96. The normalized spacial score (nSPS) is 12.2. The maximum Gasteiger partial charge on any atom is 0.279 e. The quantitative estimate of drug-likeness (QED) is 0.812. The summed E-state index contributed by atoms with van der Waals surface area (Å²) in [7, 11) is 0. The lowest BCUT2D eigenvalue weighted by atomic mass is 10.2. The van der Waals surface area contributed by atoms with Crippen LogP contribution in [0.25, 0.3) is 0 Å². The Bertz CT molecular complexity index is 629. The number of nitrogens with two attached hydrogens (primary N) is 1. The van der Waals surface area contributed by atoms with Crippen LogP contribution in [0.2, 0.25) is 15.1 Å². The van der Waals surface area contributed by atoms with Gasteiger partial charge in [0.1, 0.15) is 6.04 Å². The van der Waals surface area contributed by atoms with Crippen molar-refractivity contribution in [1.82, 2.24) is 0 Å². The van der Waals surface area contributed by atoms with Crippen LogP contribution < -0.4 is 10.6 Å². The minimum atomic E-state index is -0.186. The minimum Gasteiger partial charge on any atom is -0.463 e. The lowest BCUT2D eigenvalue weighted by Gasteiger charge is -2.10. The molecule has 0 radical (unpaired) electrons. The fourth-order valence-electron chi connectivity index (χ4n) is 1.77. The Balaban J connectivity index is 1.92. The number of halogens is 3. The molecule has 2 aromatic rings. The number of amides is 1. The molecular formula is C14H14Cl3N2O2+. The van der Waals surface area contributed by atoms with Crippen molar-refractivity contribution in [1.29, 1.82) is 0 Å². The van der Waals surface area contributed by atoms with Crippen molar-refractivity contribution >= 4 is 46.4 Å². The van der Waals surface area contributed by atoms with Gasteiger partial charge in [0.25, 0.3) is 5.91 Å². The molecule has 1 aromatic carbocycles. The lowest BCUT2D eigenvalue weighted by molar-refractivity contribution is -0.684. The molecule has 4 nitrogen and oxygen atoms in total. The Labute approximate surface area is 137 Å². The van der Waals surface area contributed by atoms with Crippen molar-refractivity contribution in [2.24, 2.45) is 0 Å². The summed E-state index contributed by atoms with van der Waals surface area (Å²) >= 11 is 17.7. The van der Waals surface area contributed by atoms with Gasteiger partial charge in [-0.25, -0.2) is 0 Å². The predicted molar refractivity (Wildman–Crippen MR) is 84.0 cm³/mol. The molecule has 0 aliphatic carbocycles. The van der Waals surface area contributed by atoms with Gasteiger partial charge in [0.05, 0.1) is 27.0 Å². The van der Waals surface area contributed by atoms with E-state index in [1.54, 1.807) is 6.26 Å². The average molecular weight is 349 g/mol. The second-order valence-corrected chi connectivity index (χ2v) is 5.76. The highest BCUT2D eigenvalue weighted by molar-refractivity contribution is 6.44. The van der Waals surface area contributed by atoms with E-state index in [-0.39, 0.29) is 18.5 Å². The van der Waals surface area contributed by atoms with Crippen molar-refractivity contribution < 1.29 is 14.5 Å². The monoisotopic (exact) mass is 347 g/mol. The number of hydrogen-bond acceptors (Lipinski definition) is 2. The number of carbonyl (C=O) groups is 1. The van der Waals surface area contributed by atoms with Crippen molar-refractivity contribution in [3.63, 3.8) is 0 Å². The number of nitrogens with one attached hydrogen (secondary N) is 1. The highest BCUT2D eigenvalue weighted by Crippen LogP contribution is 2.32. The summed E-state index contributed by atoms with van der Waals surface area (Å²) < 4.78 is 5.28. The summed E-state index contributed by atoms with van der Waals surface area (Å²) in [5, 5.41) is 5.59. The Morgan fingerprint density at radius 3 is 2.67 bits per heavy atom. The molecule has 0 unspecified atom stereocenters. The molecule has 1 atom stereocenters. The fraction of sp³-hybridized carbons (Fsp3) is 0.214. The van der Waals surface area contributed by atoms with Crippen LogP contribution in [-0.4, -0.2) is 12.5 Å². The SMILES string of the molecule is C[C@@H]([NH2+]CC(=O)Nc1cc(Cl)c(Cl)cc1Cl)c1ccco1. The Morgan fingerprint density at radius 1 is 1.29 bits per heavy atom. The van der Waals surface area contributed by atoms with Crippen LogP contribution in [0.1, 0.15) is 18.7 Å². The fourth-order valence-corrected chi connectivity index (χ4v) is 2.36. The number of carbonyl (C=O) groups excluding carboxylic acids is 1. The van der Waals surface area contributed by atoms with E-state index in [9.17, 15) is 4.79 Å². The van der Waals surface area contributed by atoms with E-state index in [4.69, 9.17) is 39.2 Å². The number of benzene rings is 1. The first kappa shape index (κ1) is 16.2. The van der Waals surface area contributed by atoms with Crippen molar-refractivity contribution in [3.8, 4) is 0 Å². The summed E-state index contributed by atoms with van der Waals surface area (Å²) in [6, 6.07) is 6.76. The van der Waals surface area contributed by atoms with Crippen LogP contribution in [0.5, 0.6) is 0 Å². The third-order valence-electron chi connectivity index (χ3n) is 2.93. The predicted octanol–water partition coefficient (Wildman–Crippen LogP) is 3.50. The minimum absolute atomic E-state index is 0.0510. The summed E-state index contributed by atoms with van der Waals surface area (Å²) in [4.78, 5) is 11.9. The highest BCUT2D eigenvalue weighted by atomic mass is 35.5. The first-order chi connectivity index (χ1) is 9.97. The number of hydrogen-bond donors (Lipinski definition) is 2. The van der Waals surface area contributed by atoms with Gasteiger partial charge < -0.3 is 15.1 Å². The van der Waals surface area contributed by atoms with E-state index in [1.807, 2.05) is 24.4 Å². The number of rotatable bonds is 5. The number of furan rings is 1. The van der Waals surface area contributed by atoms with Gasteiger partial charge in [-0.1, -0.05) is 34.8 Å². The molecule has 3 N–H and O–H groups in total. The van der Waals surface area contributed by atoms with Gasteiger partial charge in [-0.2, -0.15) is 0 Å². The highest BCUT2D eigenvalue weighted by Gasteiger charge is 2.15. The van der Waals surface area contributed by atoms with Crippen LogP contribution in [-0.2, 0) is 4.79 Å². The summed E-state index contributed by atoms with van der Waals surface area (Å²) in [5.74, 6) is 0.629. The number of anilines is 1. The second-order valence-electron chi connectivity index (χ2n) is 4.54. The van der Waals surface area contributed by atoms with Gasteiger partial charge >= 0.3 is 0 Å². The topological polar surface area (TPSA) is 58.9 Å². The Kier molecular flexibility index (Phi) is 5.53. The summed E-state index contributed by atoms with van der Waals surface area (Å²) in [6.07, 6.45) is 1.61. The zero-order chi connectivity index (χ0) is 15.4. The van der Waals surface area contributed by atoms with Gasteiger partial charge in [-0.05, 0) is 31.2 Å². The second kappa shape index (κ2) is 7.18. The molecule has 21 heavy (non-hydrogen) atoms. The molecule has 0 bridgehead atoms. The van der Waals surface area contributed by atoms with Crippen LogP contribution >= 0.6 is 34.8 Å². The standard InChI is InChI=1S/C14H13Cl3N2O2/c1-8(13-3-2-4-21-13)18-7-14(20)19-12-6-10(16)9(15)5-11(12)17/h2-6,8,18H,7H2,1H3,(H,19,20)/p+1/t8-/m1/s1. The van der Waals surface area contributed by atoms with Crippen molar-refractivity contribution in [3.05, 3.63) is 51.4 Å². The van der Waals surface area contributed by atoms with Crippen LogP contribution in [0, 0.1) is 0 Å². The molecule has 0 saturated carbocycles. The van der Waals surface area contributed by atoms with Gasteiger partial charge in [-0.3, -0.25) is 4.79 Å². The molecule has 0 aliphatic rings. The van der Waals surface area contributed by atoms with Crippen LogP contribution in [0.3, 0.4) is 0 Å². The van der Waals surface area contributed by atoms with Gasteiger partial charge in [0, 0.05) is 0 Å². The smallest absolute Gasteiger partial charge is 0.279 e. The molecule has 2 rings (SSSR count). The van der Waals surface area contributed by atoms with Gasteiger partial charge in [0.2, 0.25) is 0 Å². The molecule has 0 spiro atoms. The van der Waals surface area contributed by atoms with Crippen LogP contribution in [0.4, 0.5) is 5.69 Å². The van der Waals surface area contributed by atoms with E-state index in [1.165, 1.54) is 12.1 Å². The molecule has 1 heterocycles. The molecule has 1 amide bonds. The van der Waals surface area contributed by atoms with E-state index in [0.717, 1.165) is 5.76 Å². The first-order valence-corrected chi connectivity index (χ1v) is 7.42. The number of quaternary nitrogens is 1. The van der Waals surface area contributed by atoms with Crippen molar-refractivity contribution in [2.45, 2.75) is 13.0 Å². The maximum absolute atomic E-state index is 11.9. The Hall–Kier alpha value is -1.20. The summed E-state index contributed by atoms with van der Waals surface area (Å²) in [6.45, 7) is 2.19. The first-order valence-electron chi connectivity index (χ1n) is 6.28. The van der Waals surface area contributed by atoms with E-state index < -0.39 is 0 Å². The lowest BCUT2D eigenvalue weighted by Crippen LogP contribution is -2.86. The molecule has 7 heteroatoms.